The summed E-state index contributed by atoms with van der Waals surface area (Å²) in [5.41, 5.74) is 6.21. The zero-order chi connectivity index (χ0) is 15.1. The molecule has 0 aromatic carbocycles. The van der Waals surface area contributed by atoms with Crippen LogP contribution < -0.4 is 5.73 Å². The highest BCUT2D eigenvalue weighted by molar-refractivity contribution is 9.11. The van der Waals surface area contributed by atoms with E-state index in [0.29, 0.717) is 17.1 Å². The van der Waals surface area contributed by atoms with Crippen molar-refractivity contribution in [3.63, 3.8) is 0 Å². The number of piperidine rings is 1. The number of rotatable bonds is 3. The molecule has 0 spiro atoms. The fourth-order valence-corrected chi connectivity index (χ4v) is 6.38. The minimum Gasteiger partial charge on any atom is -0.369 e. The van der Waals surface area contributed by atoms with E-state index >= 15 is 0 Å². The van der Waals surface area contributed by atoms with Gasteiger partial charge in [-0.3, -0.25) is 4.79 Å². The van der Waals surface area contributed by atoms with Crippen LogP contribution in [0.1, 0.15) is 25.3 Å². The predicted molar refractivity (Wildman–Crippen MR) is 82.0 cm³/mol. The molecule has 2 unspecified atom stereocenters. The highest BCUT2D eigenvalue weighted by Crippen LogP contribution is 2.35. The molecule has 1 saturated heterocycles. The third-order valence-corrected chi connectivity index (χ3v) is 8.19. The zero-order valence-corrected chi connectivity index (χ0v) is 14.5. The van der Waals surface area contributed by atoms with Crippen LogP contribution in [0.4, 0.5) is 0 Å². The number of sulfonamides is 1. The quantitative estimate of drug-likeness (QED) is 0.871. The summed E-state index contributed by atoms with van der Waals surface area (Å²) >= 11 is 4.54. The van der Waals surface area contributed by atoms with Gasteiger partial charge in [-0.05, 0) is 54.2 Å². The molecule has 2 N–H and O–H groups in total. The molecular formula is C12H17BrN2O3S2. The first-order valence-electron chi connectivity index (χ1n) is 6.30. The summed E-state index contributed by atoms with van der Waals surface area (Å²) < 4.78 is 27.9. The molecule has 1 aliphatic heterocycles. The summed E-state index contributed by atoms with van der Waals surface area (Å²) in [5.74, 6) is -0.828. The maximum absolute atomic E-state index is 12.7. The Kier molecular flexibility index (Phi) is 4.58. The monoisotopic (exact) mass is 380 g/mol. The molecule has 1 aromatic heterocycles. The highest BCUT2D eigenvalue weighted by Gasteiger charge is 2.37. The van der Waals surface area contributed by atoms with E-state index in [1.54, 1.807) is 6.07 Å². The van der Waals surface area contributed by atoms with E-state index < -0.39 is 21.8 Å². The predicted octanol–water partition coefficient (Wildman–Crippen LogP) is 2.09. The van der Waals surface area contributed by atoms with Crippen LogP contribution >= 0.6 is 27.3 Å². The van der Waals surface area contributed by atoms with Gasteiger partial charge >= 0.3 is 0 Å². The van der Waals surface area contributed by atoms with Crippen molar-refractivity contribution in [2.45, 2.75) is 36.9 Å². The molecule has 20 heavy (non-hydrogen) atoms. The van der Waals surface area contributed by atoms with Crippen molar-refractivity contribution in [3.05, 3.63) is 15.4 Å². The Bertz CT molecular complexity index is 607. The number of hydrogen-bond donors (Lipinski definition) is 1. The van der Waals surface area contributed by atoms with Crippen molar-refractivity contribution in [2.24, 2.45) is 11.7 Å². The van der Waals surface area contributed by atoms with Crippen LogP contribution in [0.2, 0.25) is 0 Å². The lowest BCUT2D eigenvalue weighted by Gasteiger charge is -2.35. The molecule has 1 amide bonds. The van der Waals surface area contributed by atoms with Crippen LogP contribution in [0.5, 0.6) is 0 Å². The lowest BCUT2D eigenvalue weighted by molar-refractivity contribution is -0.123. The van der Waals surface area contributed by atoms with E-state index in [2.05, 4.69) is 15.9 Å². The first kappa shape index (κ1) is 15.9. The van der Waals surface area contributed by atoms with Crippen LogP contribution in [0.15, 0.2) is 14.1 Å². The van der Waals surface area contributed by atoms with E-state index in [9.17, 15) is 13.2 Å². The second kappa shape index (κ2) is 5.75. The molecule has 2 atom stereocenters. The van der Waals surface area contributed by atoms with Crippen molar-refractivity contribution in [3.8, 4) is 0 Å². The smallest absolute Gasteiger partial charge is 0.252 e. The summed E-state index contributed by atoms with van der Waals surface area (Å²) in [6, 6.07) is 1.54. The largest absolute Gasteiger partial charge is 0.369 e. The summed E-state index contributed by atoms with van der Waals surface area (Å²) in [6.07, 6.45) is 1.30. The fourth-order valence-electron chi connectivity index (χ4n) is 2.32. The van der Waals surface area contributed by atoms with Crippen molar-refractivity contribution >= 4 is 43.2 Å². The van der Waals surface area contributed by atoms with Crippen LogP contribution in [0.3, 0.4) is 0 Å². The number of hydrogen-bond acceptors (Lipinski definition) is 4. The maximum Gasteiger partial charge on any atom is 0.252 e. The first-order chi connectivity index (χ1) is 9.23. The summed E-state index contributed by atoms with van der Waals surface area (Å²) in [6.45, 7) is 3.89. The summed E-state index contributed by atoms with van der Waals surface area (Å²) in [7, 11) is -3.57. The van der Waals surface area contributed by atoms with Gasteiger partial charge in [0.25, 0.3) is 10.0 Å². The Morgan fingerprint density at radius 1 is 1.50 bits per heavy atom. The lowest BCUT2D eigenvalue weighted by atomic mass is 9.95. The van der Waals surface area contributed by atoms with Gasteiger partial charge in [-0.15, -0.1) is 11.3 Å². The number of thiophene rings is 1. The average molecular weight is 381 g/mol. The Morgan fingerprint density at radius 3 is 2.65 bits per heavy atom. The Hall–Kier alpha value is -0.440. The lowest BCUT2D eigenvalue weighted by Crippen LogP contribution is -2.48. The molecule has 8 heteroatoms. The topological polar surface area (TPSA) is 80.5 Å². The minimum absolute atomic E-state index is 0.114. The Balaban J connectivity index is 2.34. The molecule has 2 rings (SSSR count). The van der Waals surface area contributed by atoms with Crippen molar-refractivity contribution < 1.29 is 13.2 Å². The molecule has 112 valence electrons. The number of halogens is 1. The Morgan fingerprint density at radius 2 is 2.15 bits per heavy atom. The van der Waals surface area contributed by atoms with Gasteiger partial charge in [-0.25, -0.2) is 8.42 Å². The van der Waals surface area contributed by atoms with E-state index in [1.165, 1.54) is 15.6 Å². The number of nitrogens with two attached hydrogens (primary N) is 1. The minimum atomic E-state index is -3.57. The number of amides is 1. The molecule has 0 bridgehead atoms. The molecule has 5 nitrogen and oxygen atoms in total. The summed E-state index contributed by atoms with van der Waals surface area (Å²) in [5, 5.41) is 0. The normalized spacial score (nSPS) is 24.8. The molecule has 0 radical (unpaired) electrons. The standard InChI is InChI=1S/C12H17BrN2O3S2/c1-7-5-10(19-11(7)13)20(17,18)15-6-9(12(14)16)4-3-8(15)2/h5,8-9H,3-4,6H2,1-2H3,(H2,14,16). The zero-order valence-electron chi connectivity index (χ0n) is 11.3. The highest BCUT2D eigenvalue weighted by atomic mass is 79.9. The van der Waals surface area contributed by atoms with Gasteiger partial charge in [-0.1, -0.05) is 0 Å². The third kappa shape index (κ3) is 2.93. The molecule has 0 saturated carbocycles. The Labute approximate surface area is 131 Å². The van der Waals surface area contributed by atoms with Gasteiger partial charge in [0.1, 0.15) is 4.21 Å². The van der Waals surface area contributed by atoms with E-state index in [4.69, 9.17) is 5.73 Å². The van der Waals surface area contributed by atoms with Gasteiger partial charge in [0.15, 0.2) is 0 Å². The van der Waals surface area contributed by atoms with E-state index in [0.717, 1.165) is 9.35 Å². The average Bonchev–Trinajstić information content (AvgIpc) is 2.70. The summed E-state index contributed by atoms with van der Waals surface area (Å²) in [4.78, 5) is 11.3. The molecule has 2 heterocycles. The van der Waals surface area contributed by atoms with Crippen molar-refractivity contribution in [1.82, 2.24) is 4.31 Å². The van der Waals surface area contributed by atoms with Gasteiger partial charge in [0, 0.05) is 12.6 Å². The second-order valence-corrected chi connectivity index (χ2v) is 9.61. The van der Waals surface area contributed by atoms with Gasteiger partial charge in [0.2, 0.25) is 5.91 Å². The van der Waals surface area contributed by atoms with E-state index in [1.807, 2.05) is 13.8 Å². The fraction of sp³-hybridized carbons (Fsp3) is 0.583. The maximum atomic E-state index is 12.7. The SMILES string of the molecule is Cc1cc(S(=O)(=O)N2CC(C(N)=O)CCC2C)sc1Br. The number of nitrogens with zero attached hydrogens (tertiary/aromatic N) is 1. The van der Waals surface area contributed by atoms with Gasteiger partial charge in [0.05, 0.1) is 9.70 Å². The molecule has 1 fully saturated rings. The number of carbonyl (C=O) groups excluding carboxylic acids is 1. The third-order valence-electron chi connectivity index (χ3n) is 3.62. The molecule has 0 aliphatic carbocycles. The van der Waals surface area contributed by atoms with Crippen molar-refractivity contribution in [2.75, 3.05) is 6.54 Å². The van der Waals surface area contributed by atoms with Gasteiger partial charge in [-0.2, -0.15) is 4.31 Å². The van der Waals surface area contributed by atoms with Crippen LogP contribution in [-0.4, -0.2) is 31.2 Å². The van der Waals surface area contributed by atoms with Crippen molar-refractivity contribution in [1.29, 1.82) is 0 Å². The van der Waals surface area contributed by atoms with Crippen LogP contribution in [0, 0.1) is 12.8 Å². The molecule has 1 aromatic rings. The van der Waals surface area contributed by atoms with Gasteiger partial charge < -0.3 is 5.73 Å². The number of aryl methyl sites for hydroxylation is 1. The van der Waals surface area contributed by atoms with E-state index in [-0.39, 0.29) is 12.6 Å². The van der Waals surface area contributed by atoms with Crippen LogP contribution in [0.25, 0.3) is 0 Å². The first-order valence-corrected chi connectivity index (χ1v) is 9.35. The molecular weight excluding hydrogens is 364 g/mol. The number of primary amides is 1. The molecule has 1 aliphatic rings. The van der Waals surface area contributed by atoms with Crippen LogP contribution in [-0.2, 0) is 14.8 Å². The number of carbonyl (C=O) groups is 1. The second-order valence-electron chi connectivity index (χ2n) is 5.12.